The van der Waals surface area contributed by atoms with E-state index in [9.17, 15) is 9.59 Å². The highest BCUT2D eigenvalue weighted by molar-refractivity contribution is 6.37. The van der Waals surface area contributed by atoms with E-state index in [2.05, 4.69) is 37.3 Å². The van der Waals surface area contributed by atoms with Gasteiger partial charge < -0.3 is 21.1 Å². The monoisotopic (exact) mass is 459 g/mol. The minimum atomic E-state index is -0.533. The molecular formula is C27H45N3O3. The Hall–Kier alpha value is -2.10. The molecular weight excluding hydrogens is 414 g/mol. The number of hydrogen-bond acceptors (Lipinski definition) is 5. The zero-order chi connectivity index (χ0) is 24.8. The summed E-state index contributed by atoms with van der Waals surface area (Å²) in [6, 6.07) is 0. The van der Waals surface area contributed by atoms with Gasteiger partial charge in [-0.2, -0.15) is 0 Å². The van der Waals surface area contributed by atoms with Crippen LogP contribution in [0, 0.1) is 36.0 Å². The van der Waals surface area contributed by atoms with Crippen LogP contribution in [0.25, 0.3) is 0 Å². The molecule has 0 aromatic carbocycles. The highest BCUT2D eigenvalue weighted by Gasteiger charge is 2.39. The Labute approximate surface area is 201 Å². The number of methoxy groups -OCH3 is 1. The summed E-state index contributed by atoms with van der Waals surface area (Å²) in [7, 11) is 1.74. The van der Waals surface area contributed by atoms with E-state index in [0.29, 0.717) is 43.0 Å². The molecule has 6 nitrogen and oxygen atoms in total. The number of nitrogens with two attached hydrogens (primary N) is 1. The van der Waals surface area contributed by atoms with E-state index in [1.54, 1.807) is 7.11 Å². The van der Waals surface area contributed by atoms with E-state index in [1.807, 2.05) is 19.1 Å². The minimum absolute atomic E-state index is 0.0410. The Kier molecular flexibility index (Phi) is 13.8. The van der Waals surface area contributed by atoms with Gasteiger partial charge in [-0.1, -0.05) is 45.3 Å². The zero-order valence-corrected chi connectivity index (χ0v) is 21.3. The van der Waals surface area contributed by atoms with Gasteiger partial charge in [0.05, 0.1) is 12.6 Å². The molecule has 186 valence electrons. The van der Waals surface area contributed by atoms with Crippen LogP contribution in [0.15, 0.2) is 23.4 Å². The third-order valence-corrected chi connectivity index (χ3v) is 6.33. The molecule has 1 aliphatic carbocycles. The number of carbonyl (C=O) groups is 2. The first kappa shape index (κ1) is 28.9. The number of ketones is 1. The van der Waals surface area contributed by atoms with Crippen molar-refractivity contribution in [1.82, 2.24) is 10.6 Å². The van der Waals surface area contributed by atoms with Gasteiger partial charge in [-0.3, -0.25) is 9.59 Å². The average Bonchev–Trinajstić information content (AvgIpc) is 3.56. The van der Waals surface area contributed by atoms with E-state index in [-0.39, 0.29) is 12.6 Å². The smallest absolute Gasteiger partial charge is 0.288 e. The van der Waals surface area contributed by atoms with Crippen molar-refractivity contribution in [2.75, 3.05) is 26.7 Å². The molecule has 0 aromatic rings. The van der Waals surface area contributed by atoms with Gasteiger partial charge in [-0.05, 0) is 62.5 Å². The Bertz CT molecular complexity index is 721. The fourth-order valence-electron chi connectivity index (χ4n) is 4.02. The topological polar surface area (TPSA) is 93.5 Å². The van der Waals surface area contributed by atoms with Gasteiger partial charge in [0.1, 0.15) is 0 Å². The van der Waals surface area contributed by atoms with Crippen molar-refractivity contribution >= 4 is 11.7 Å². The van der Waals surface area contributed by atoms with Gasteiger partial charge in [0.25, 0.3) is 5.91 Å². The van der Waals surface area contributed by atoms with Crippen molar-refractivity contribution in [3.05, 3.63) is 23.4 Å². The molecule has 0 aromatic heterocycles. The van der Waals surface area contributed by atoms with E-state index in [0.717, 1.165) is 30.8 Å². The van der Waals surface area contributed by atoms with Gasteiger partial charge in [0.15, 0.2) is 0 Å². The number of allylic oxidation sites excluding steroid dienone is 3. The average molecular weight is 460 g/mol. The van der Waals surface area contributed by atoms with Crippen LogP contribution in [-0.4, -0.2) is 44.5 Å². The summed E-state index contributed by atoms with van der Waals surface area (Å²) < 4.78 is 5.60. The summed E-state index contributed by atoms with van der Waals surface area (Å²) in [6.07, 6.45) is 15.2. The molecule has 1 amide bonds. The molecule has 4 atom stereocenters. The molecule has 1 saturated carbocycles. The maximum atomic E-state index is 12.2. The number of hydrogen-bond donors (Lipinski definition) is 3. The van der Waals surface area contributed by atoms with Crippen LogP contribution in [0.1, 0.15) is 66.2 Å². The highest BCUT2D eigenvalue weighted by atomic mass is 16.5. The lowest BCUT2D eigenvalue weighted by molar-refractivity contribution is -0.137. The lowest BCUT2D eigenvalue weighted by Gasteiger charge is -2.20. The maximum Gasteiger partial charge on any atom is 0.288 e. The summed E-state index contributed by atoms with van der Waals surface area (Å²) in [4.78, 5) is 24.3. The molecule has 0 aliphatic heterocycles. The molecule has 4 N–H and O–H groups in total. The second-order valence-electron chi connectivity index (χ2n) is 9.76. The van der Waals surface area contributed by atoms with Crippen LogP contribution in [0.2, 0.25) is 0 Å². The number of rotatable bonds is 17. The van der Waals surface area contributed by atoms with Crippen molar-refractivity contribution in [3.8, 4) is 12.3 Å². The largest absolute Gasteiger partial charge is 0.399 e. The molecule has 6 heteroatoms. The number of nitrogens with one attached hydrogen (secondary N) is 2. The summed E-state index contributed by atoms with van der Waals surface area (Å²) in [5.74, 6) is 3.66. The van der Waals surface area contributed by atoms with Crippen molar-refractivity contribution in [2.45, 2.75) is 72.3 Å². The molecule has 0 saturated heterocycles. The predicted molar refractivity (Wildman–Crippen MR) is 135 cm³/mol. The summed E-state index contributed by atoms with van der Waals surface area (Å²) in [5.41, 5.74) is 7.71. The van der Waals surface area contributed by atoms with E-state index in [1.165, 1.54) is 12.8 Å². The van der Waals surface area contributed by atoms with Crippen LogP contribution >= 0.6 is 0 Å². The molecule has 4 unspecified atom stereocenters. The first-order chi connectivity index (χ1) is 15.7. The Morgan fingerprint density at radius 2 is 1.97 bits per heavy atom. The summed E-state index contributed by atoms with van der Waals surface area (Å²) in [5, 5.41) is 5.86. The number of Topliss-reactive ketones (excluding diaryl/α,β-unsaturated/α-hetero) is 1. The maximum absolute atomic E-state index is 12.2. The molecule has 0 radical (unpaired) electrons. The molecule has 1 aliphatic rings. The third kappa shape index (κ3) is 12.1. The molecule has 0 heterocycles. The first-order valence-corrected chi connectivity index (χ1v) is 12.3. The molecule has 0 spiro atoms. The standard InChI is InChI=1S/C27H45N3O3/c1-7-9-21(15-23(28)8-2)25-16-22(25)17-30-27(32)26(31)18-29-13-12-24(33-6)14-20(5)11-10-19(3)4/h1,8,15,19-20,22,24-25,29H,9-14,16-18,28H2,2-6H3,(H,30,32)/b21-15+,23-8+. The van der Waals surface area contributed by atoms with E-state index in [4.69, 9.17) is 16.9 Å². The predicted octanol–water partition coefficient (Wildman–Crippen LogP) is 3.58. The van der Waals surface area contributed by atoms with Gasteiger partial charge in [0, 0.05) is 25.8 Å². The third-order valence-electron chi connectivity index (χ3n) is 6.33. The number of amides is 1. The number of ether oxygens (including phenoxy) is 1. The van der Waals surface area contributed by atoms with E-state index >= 15 is 0 Å². The van der Waals surface area contributed by atoms with Crippen molar-refractivity contribution in [2.24, 2.45) is 29.4 Å². The summed E-state index contributed by atoms with van der Waals surface area (Å²) >= 11 is 0. The van der Waals surface area contributed by atoms with Crippen molar-refractivity contribution in [1.29, 1.82) is 0 Å². The second kappa shape index (κ2) is 15.7. The SMILES string of the molecule is C#CC/C(=C\C(N)=C/C)C1CC1CNC(=O)C(=O)CNCCC(CC(C)CCC(C)C)OC. The van der Waals surface area contributed by atoms with Crippen LogP contribution in [0.5, 0.6) is 0 Å². The van der Waals surface area contributed by atoms with Gasteiger partial charge in [0.2, 0.25) is 5.78 Å². The minimum Gasteiger partial charge on any atom is -0.399 e. The molecule has 1 rings (SSSR count). The molecule has 33 heavy (non-hydrogen) atoms. The van der Waals surface area contributed by atoms with Crippen LogP contribution < -0.4 is 16.4 Å². The molecule has 1 fully saturated rings. The lowest BCUT2D eigenvalue weighted by atomic mass is 9.93. The lowest BCUT2D eigenvalue weighted by Crippen LogP contribution is -2.39. The van der Waals surface area contributed by atoms with Gasteiger partial charge in [-0.15, -0.1) is 12.3 Å². The Morgan fingerprint density at radius 3 is 2.58 bits per heavy atom. The fraction of sp³-hybridized carbons (Fsp3) is 0.704. The first-order valence-electron chi connectivity index (χ1n) is 12.3. The number of terminal acetylenes is 1. The zero-order valence-electron chi connectivity index (χ0n) is 21.3. The normalized spacial score (nSPS) is 20.3. The number of carbonyl (C=O) groups excluding carboxylic acids is 2. The molecule has 0 bridgehead atoms. The van der Waals surface area contributed by atoms with Crippen LogP contribution in [0.3, 0.4) is 0 Å². The Morgan fingerprint density at radius 1 is 1.24 bits per heavy atom. The van der Waals surface area contributed by atoms with Gasteiger partial charge in [-0.25, -0.2) is 0 Å². The van der Waals surface area contributed by atoms with E-state index < -0.39 is 11.7 Å². The van der Waals surface area contributed by atoms with Crippen LogP contribution in [-0.2, 0) is 14.3 Å². The van der Waals surface area contributed by atoms with Crippen molar-refractivity contribution in [3.63, 3.8) is 0 Å². The second-order valence-corrected chi connectivity index (χ2v) is 9.76. The highest BCUT2D eigenvalue weighted by Crippen LogP contribution is 2.45. The fourth-order valence-corrected chi connectivity index (χ4v) is 4.02. The quantitative estimate of drug-likeness (QED) is 0.134. The van der Waals surface area contributed by atoms with Crippen molar-refractivity contribution < 1.29 is 14.3 Å². The summed E-state index contributed by atoms with van der Waals surface area (Å²) in [6.45, 7) is 9.80. The van der Waals surface area contributed by atoms with Gasteiger partial charge >= 0.3 is 0 Å². The Balaban J connectivity index is 2.28. The van der Waals surface area contributed by atoms with Crippen LogP contribution in [0.4, 0.5) is 0 Å².